The largest absolute Gasteiger partial charge is 0.511 e. The van der Waals surface area contributed by atoms with Gasteiger partial charge in [0.15, 0.2) is 5.78 Å². The topological polar surface area (TPSA) is 125 Å². The van der Waals surface area contributed by atoms with Crippen molar-refractivity contribution in [2.24, 2.45) is 45.9 Å². The minimum absolute atomic E-state index is 0.00786. The van der Waals surface area contributed by atoms with E-state index in [-0.39, 0.29) is 35.0 Å². The van der Waals surface area contributed by atoms with Gasteiger partial charge in [0, 0.05) is 18.6 Å². The maximum atomic E-state index is 12.9. The Morgan fingerprint density at radius 3 is 2.08 bits per heavy atom. The van der Waals surface area contributed by atoms with Gasteiger partial charge < -0.3 is 20.3 Å². The zero-order valence-electron chi connectivity index (χ0n) is 24.2. The predicted octanol–water partition coefficient (Wildman–Crippen LogP) is 6.10. The van der Waals surface area contributed by atoms with Crippen molar-refractivity contribution in [3.05, 3.63) is 11.3 Å². The fraction of sp³-hybridized carbons (Fsp3) is 0.806. The minimum atomic E-state index is -1.29. The van der Waals surface area contributed by atoms with E-state index in [0.29, 0.717) is 49.3 Å². The number of carboxylic acid groups (broad SMARTS) is 1. The van der Waals surface area contributed by atoms with Gasteiger partial charge in [0.25, 0.3) is 0 Å². The normalized spacial score (nSPS) is 31.5. The zero-order chi connectivity index (χ0) is 28.3. The summed E-state index contributed by atoms with van der Waals surface area (Å²) in [6, 6.07) is -1.29. The van der Waals surface area contributed by atoms with Crippen molar-refractivity contribution < 1.29 is 29.3 Å². The molecule has 0 heterocycles. The number of carboxylic acids is 1. The van der Waals surface area contributed by atoms with E-state index in [9.17, 15) is 24.6 Å². The van der Waals surface area contributed by atoms with Crippen LogP contribution in [0.5, 0.6) is 0 Å². The summed E-state index contributed by atoms with van der Waals surface area (Å²) in [5, 5.41) is 23.0. The molecule has 0 bridgehead atoms. The Morgan fingerprint density at radius 1 is 1.00 bits per heavy atom. The van der Waals surface area contributed by atoms with Crippen molar-refractivity contribution in [1.82, 2.24) is 5.32 Å². The van der Waals surface area contributed by atoms with Crippen LogP contribution in [0, 0.1) is 40.9 Å². The van der Waals surface area contributed by atoms with E-state index in [1.165, 1.54) is 51.4 Å². The van der Waals surface area contributed by atoms with Gasteiger partial charge in [-0.25, -0.2) is 9.59 Å². The number of nitrogens with zero attached hydrogens (tertiary/aromatic N) is 1. The predicted molar refractivity (Wildman–Crippen MR) is 150 cm³/mol. The number of carbonyl (C=O) groups excluding carboxylic acids is 2. The summed E-state index contributed by atoms with van der Waals surface area (Å²) in [5.41, 5.74) is 0.277. The molecule has 0 spiro atoms. The average molecular weight is 545 g/mol. The summed E-state index contributed by atoms with van der Waals surface area (Å²) in [6.07, 6.45) is 10.4. The number of ether oxygens (including phenoxy) is 1. The molecular formula is C31H48N2O6. The van der Waals surface area contributed by atoms with E-state index >= 15 is 0 Å². The van der Waals surface area contributed by atoms with Crippen LogP contribution < -0.4 is 5.32 Å². The Bertz CT molecular complexity index is 977. The Morgan fingerprint density at radius 2 is 1.56 bits per heavy atom. The highest BCUT2D eigenvalue weighted by Gasteiger charge is 2.51. The van der Waals surface area contributed by atoms with Crippen LogP contribution >= 0.6 is 0 Å². The third-order valence-electron chi connectivity index (χ3n) is 9.60. The maximum Gasteiger partial charge on any atom is 0.407 e. The Kier molecular flexibility index (Phi) is 9.43. The molecular weight excluding hydrogens is 496 g/mol. The number of hydrogen-bond acceptors (Lipinski definition) is 6. The smallest absolute Gasteiger partial charge is 0.407 e. The van der Waals surface area contributed by atoms with E-state index in [0.717, 1.165) is 11.8 Å². The first-order valence-corrected chi connectivity index (χ1v) is 15.1. The molecule has 0 aromatic carbocycles. The molecule has 4 unspecified atom stereocenters. The van der Waals surface area contributed by atoms with Crippen LogP contribution in [0.1, 0.15) is 98.3 Å². The molecule has 218 valence electrons. The van der Waals surface area contributed by atoms with Gasteiger partial charge >= 0.3 is 12.1 Å². The van der Waals surface area contributed by atoms with E-state index in [4.69, 9.17) is 4.74 Å². The number of aliphatic hydroxyl groups excluding tert-OH is 1. The van der Waals surface area contributed by atoms with Crippen LogP contribution in [0.15, 0.2) is 16.3 Å². The van der Waals surface area contributed by atoms with Gasteiger partial charge in [-0.15, -0.1) is 0 Å². The average Bonchev–Trinajstić information content (AvgIpc) is 3.17. The lowest BCUT2D eigenvalue weighted by Gasteiger charge is -2.32. The van der Waals surface area contributed by atoms with Crippen molar-refractivity contribution in [1.29, 1.82) is 0 Å². The van der Waals surface area contributed by atoms with E-state index in [1.54, 1.807) is 0 Å². The van der Waals surface area contributed by atoms with Gasteiger partial charge in [0.1, 0.15) is 11.8 Å². The molecule has 4 aliphatic carbocycles. The van der Waals surface area contributed by atoms with Crippen LogP contribution in [0.2, 0.25) is 0 Å². The summed E-state index contributed by atoms with van der Waals surface area (Å²) < 4.78 is 5.68. The summed E-state index contributed by atoms with van der Waals surface area (Å²) in [5.74, 6) is 1.84. The van der Waals surface area contributed by atoms with Crippen molar-refractivity contribution in [3.8, 4) is 0 Å². The van der Waals surface area contributed by atoms with Crippen molar-refractivity contribution in [2.45, 2.75) is 104 Å². The first-order valence-electron chi connectivity index (χ1n) is 15.1. The molecule has 8 nitrogen and oxygen atoms in total. The Labute approximate surface area is 233 Å². The second-order valence-corrected chi connectivity index (χ2v) is 13.7. The molecule has 0 aromatic rings. The highest BCUT2D eigenvalue weighted by molar-refractivity contribution is 6.23. The number of hydrogen-bond donors (Lipinski definition) is 3. The molecule has 0 radical (unpaired) electrons. The molecule has 3 saturated carbocycles. The lowest BCUT2D eigenvalue weighted by Crippen LogP contribution is -2.44. The third-order valence-corrected chi connectivity index (χ3v) is 9.60. The fourth-order valence-electron chi connectivity index (χ4n) is 8.06. The van der Waals surface area contributed by atoms with Gasteiger partial charge in [0.05, 0.1) is 18.7 Å². The number of carbonyl (C=O) groups is 3. The van der Waals surface area contributed by atoms with Gasteiger partial charge in [-0.2, -0.15) is 0 Å². The number of nitrogens with one attached hydrogen (secondary N) is 1. The fourth-order valence-corrected chi connectivity index (χ4v) is 8.06. The van der Waals surface area contributed by atoms with Crippen molar-refractivity contribution >= 4 is 23.6 Å². The molecule has 1 amide bonds. The van der Waals surface area contributed by atoms with Gasteiger partial charge in [0.2, 0.25) is 0 Å². The highest BCUT2D eigenvalue weighted by Crippen LogP contribution is 2.57. The third kappa shape index (κ3) is 7.04. The number of alkyl carbamates (subject to hydrolysis) is 1. The molecule has 5 atom stereocenters. The Hall–Kier alpha value is -2.38. The van der Waals surface area contributed by atoms with Crippen LogP contribution in [-0.2, 0) is 14.3 Å². The minimum Gasteiger partial charge on any atom is -0.511 e. The summed E-state index contributed by atoms with van der Waals surface area (Å²) in [7, 11) is 0. The molecule has 3 N–H and O–H groups in total. The highest BCUT2D eigenvalue weighted by atomic mass is 16.5. The number of aliphatic carboxylic acids is 1. The number of ketones is 1. The van der Waals surface area contributed by atoms with Crippen LogP contribution in [0.3, 0.4) is 0 Å². The molecule has 3 fully saturated rings. The first-order chi connectivity index (χ1) is 18.5. The van der Waals surface area contributed by atoms with Gasteiger partial charge in [-0.3, -0.25) is 9.79 Å². The maximum absolute atomic E-state index is 12.9. The second-order valence-electron chi connectivity index (χ2n) is 13.7. The number of Topliss-reactive ketones (excluding diaryl/α,β-unsaturated/α-hetero) is 1. The van der Waals surface area contributed by atoms with Gasteiger partial charge in [-0.05, 0) is 73.0 Å². The van der Waals surface area contributed by atoms with E-state index in [2.05, 4.69) is 10.3 Å². The number of aliphatic imine (C=N–C) groups is 1. The molecule has 4 rings (SSSR count). The molecule has 8 heteroatoms. The van der Waals surface area contributed by atoms with Crippen LogP contribution in [0.4, 0.5) is 4.79 Å². The number of aliphatic hydroxyl groups is 1. The molecule has 4 aliphatic rings. The molecule has 0 aliphatic heterocycles. The number of amides is 1. The number of rotatable bonds is 9. The summed E-state index contributed by atoms with van der Waals surface area (Å²) >= 11 is 0. The Balaban J connectivity index is 1.41. The van der Waals surface area contributed by atoms with Crippen molar-refractivity contribution in [2.75, 3.05) is 13.2 Å². The zero-order valence-corrected chi connectivity index (χ0v) is 24.2. The summed E-state index contributed by atoms with van der Waals surface area (Å²) in [4.78, 5) is 42.2. The van der Waals surface area contributed by atoms with E-state index < -0.39 is 18.1 Å². The number of allylic oxidation sites excluding steroid dienone is 2. The quantitative estimate of drug-likeness (QED) is 0.301. The van der Waals surface area contributed by atoms with E-state index in [1.807, 2.05) is 27.7 Å². The van der Waals surface area contributed by atoms with Crippen LogP contribution in [-0.4, -0.2) is 53.0 Å². The lowest BCUT2D eigenvalue weighted by atomic mass is 9.73. The standard InChI is InChI=1S/C31H48N2O6/c1-18(2)13-24(28-26(34)14-31(3,4)15-27(28)35)32-16-25(29(36)37)33-30(38)39-17-23-21-11-7-5-9-19(21)20-10-6-8-12-22(20)23/h18-23,25,34H,5-17H2,1-4H3,(H,33,38)(H,36,37)/t19?,20?,21?,22?,23?,25-/m0/s1. The van der Waals surface area contributed by atoms with Crippen molar-refractivity contribution in [3.63, 3.8) is 0 Å². The first kappa shape index (κ1) is 29.6. The lowest BCUT2D eigenvalue weighted by molar-refractivity contribution is -0.139. The second kappa shape index (κ2) is 12.4. The monoisotopic (exact) mass is 544 g/mol. The molecule has 0 saturated heterocycles. The van der Waals surface area contributed by atoms with Gasteiger partial charge in [-0.1, -0.05) is 53.4 Å². The number of fused-ring (bicyclic) bond motifs is 3. The molecule has 0 aromatic heterocycles. The summed E-state index contributed by atoms with van der Waals surface area (Å²) in [6.45, 7) is 7.92. The van der Waals surface area contributed by atoms with Crippen LogP contribution in [0.25, 0.3) is 0 Å². The SMILES string of the molecule is CC(C)CC(=NC[C@H](NC(=O)OCC1C2CCCCC2C2CCCCC21)C(=O)O)C1=C(O)CC(C)(C)CC1=O. The molecule has 39 heavy (non-hydrogen) atoms.